The highest BCUT2D eigenvalue weighted by Gasteiger charge is 2.06. The number of carbonyl (C=O) groups is 1. The van der Waals surface area contributed by atoms with Gasteiger partial charge in [-0.05, 0) is 37.5 Å². The van der Waals surface area contributed by atoms with E-state index in [2.05, 4.69) is 40.7 Å². The monoisotopic (exact) mass is 308 g/mol. The minimum Gasteiger partial charge on any atom is -0.303 e. The Bertz CT molecular complexity index is 290. The van der Waals surface area contributed by atoms with E-state index in [1.807, 2.05) is 0 Å². The van der Waals surface area contributed by atoms with Crippen molar-refractivity contribution in [3.05, 3.63) is 11.6 Å². The second-order valence-corrected chi connectivity index (χ2v) is 7.81. The van der Waals surface area contributed by atoms with Crippen LogP contribution in [0.3, 0.4) is 0 Å². The number of rotatable bonds is 14. The summed E-state index contributed by atoms with van der Waals surface area (Å²) in [4.78, 5) is 10.3. The van der Waals surface area contributed by atoms with Crippen LogP contribution in [0.5, 0.6) is 0 Å². The highest BCUT2D eigenvalue weighted by Crippen LogP contribution is 2.22. The lowest BCUT2D eigenvalue weighted by Gasteiger charge is -2.15. The fraction of sp³-hybridized carbons (Fsp3) is 0.857. The molecule has 0 radical (unpaired) electrons. The average molecular weight is 309 g/mol. The Kier molecular flexibility index (Phi) is 13.7. The van der Waals surface area contributed by atoms with E-state index in [4.69, 9.17) is 0 Å². The quantitative estimate of drug-likeness (QED) is 0.250. The fourth-order valence-electron chi connectivity index (χ4n) is 3.06. The maximum absolute atomic E-state index is 10.3. The Morgan fingerprint density at radius 2 is 1.32 bits per heavy atom. The van der Waals surface area contributed by atoms with Gasteiger partial charge in [-0.3, -0.25) is 0 Å². The van der Waals surface area contributed by atoms with Crippen LogP contribution in [0.4, 0.5) is 0 Å². The molecule has 0 amide bonds. The summed E-state index contributed by atoms with van der Waals surface area (Å²) in [6, 6.07) is 0. The Hall–Kier alpha value is -0.590. The van der Waals surface area contributed by atoms with E-state index in [1.54, 1.807) is 0 Å². The summed E-state index contributed by atoms with van der Waals surface area (Å²) in [5, 5.41) is 0. The predicted octanol–water partition coefficient (Wildman–Crippen LogP) is 6.96. The van der Waals surface area contributed by atoms with Gasteiger partial charge in [-0.2, -0.15) is 0 Å². The van der Waals surface area contributed by atoms with Crippen LogP contribution in [0, 0.1) is 17.8 Å². The Morgan fingerprint density at radius 3 is 1.82 bits per heavy atom. The van der Waals surface area contributed by atoms with Crippen LogP contribution in [-0.2, 0) is 4.79 Å². The molecule has 2 atom stereocenters. The zero-order valence-electron chi connectivity index (χ0n) is 15.9. The third-order valence-electron chi connectivity index (χ3n) is 4.70. The van der Waals surface area contributed by atoms with Crippen molar-refractivity contribution in [2.75, 3.05) is 0 Å². The number of aldehydes is 1. The molecule has 0 aromatic rings. The zero-order valence-corrected chi connectivity index (χ0v) is 15.9. The van der Waals surface area contributed by atoms with Crippen LogP contribution in [0.2, 0.25) is 0 Å². The molecule has 1 heteroatoms. The van der Waals surface area contributed by atoms with Crippen molar-refractivity contribution in [1.82, 2.24) is 0 Å². The first-order chi connectivity index (χ1) is 10.5. The molecule has 0 aliphatic carbocycles. The van der Waals surface area contributed by atoms with E-state index < -0.39 is 0 Å². The third kappa shape index (κ3) is 14.4. The van der Waals surface area contributed by atoms with Crippen molar-refractivity contribution in [2.24, 2.45) is 17.8 Å². The summed E-state index contributed by atoms with van der Waals surface area (Å²) in [7, 11) is 0. The molecule has 0 heterocycles. The smallest absolute Gasteiger partial charge is 0.123 e. The van der Waals surface area contributed by atoms with Gasteiger partial charge in [0.2, 0.25) is 0 Å². The summed E-state index contributed by atoms with van der Waals surface area (Å²) in [6.07, 6.45) is 15.8. The molecule has 0 spiro atoms. The molecule has 22 heavy (non-hydrogen) atoms. The summed E-state index contributed by atoms with van der Waals surface area (Å²) < 4.78 is 0. The van der Waals surface area contributed by atoms with Gasteiger partial charge in [0.1, 0.15) is 6.29 Å². The topological polar surface area (TPSA) is 17.1 Å². The second-order valence-electron chi connectivity index (χ2n) is 7.81. The van der Waals surface area contributed by atoms with Crippen LogP contribution < -0.4 is 0 Å². The van der Waals surface area contributed by atoms with Gasteiger partial charge in [-0.25, -0.2) is 0 Å². The molecule has 0 N–H and O–H groups in total. The predicted molar refractivity (Wildman–Crippen MR) is 99.2 cm³/mol. The van der Waals surface area contributed by atoms with E-state index in [0.717, 1.165) is 30.5 Å². The third-order valence-corrected chi connectivity index (χ3v) is 4.70. The van der Waals surface area contributed by atoms with E-state index in [-0.39, 0.29) is 0 Å². The summed E-state index contributed by atoms with van der Waals surface area (Å²) in [5.74, 6) is 2.61. The minimum atomic E-state index is 0.579. The molecular formula is C21H40O. The van der Waals surface area contributed by atoms with Crippen molar-refractivity contribution < 1.29 is 4.79 Å². The SMILES string of the molecule is C/C(=C\CC=O)CCCC(C)CCCC(C)CCCC(C)C. The van der Waals surface area contributed by atoms with Crippen LogP contribution in [0.25, 0.3) is 0 Å². The molecule has 0 saturated heterocycles. The van der Waals surface area contributed by atoms with E-state index >= 15 is 0 Å². The molecule has 130 valence electrons. The van der Waals surface area contributed by atoms with Gasteiger partial charge in [-0.15, -0.1) is 0 Å². The van der Waals surface area contributed by atoms with Crippen LogP contribution >= 0.6 is 0 Å². The van der Waals surface area contributed by atoms with E-state index in [0.29, 0.717) is 6.42 Å². The van der Waals surface area contributed by atoms with Crippen molar-refractivity contribution in [2.45, 2.75) is 98.8 Å². The fourth-order valence-corrected chi connectivity index (χ4v) is 3.06. The molecular weight excluding hydrogens is 268 g/mol. The lowest BCUT2D eigenvalue weighted by molar-refractivity contribution is -0.107. The highest BCUT2D eigenvalue weighted by atomic mass is 16.1. The van der Waals surface area contributed by atoms with Gasteiger partial charge < -0.3 is 4.79 Å². The summed E-state index contributed by atoms with van der Waals surface area (Å²) >= 11 is 0. The van der Waals surface area contributed by atoms with Gasteiger partial charge in [0.05, 0.1) is 0 Å². The minimum absolute atomic E-state index is 0.579. The normalized spacial score (nSPS) is 15.1. The van der Waals surface area contributed by atoms with Crippen molar-refractivity contribution >= 4 is 6.29 Å². The van der Waals surface area contributed by atoms with E-state index in [9.17, 15) is 4.79 Å². The summed E-state index contributed by atoms with van der Waals surface area (Å²) in [5.41, 5.74) is 1.37. The molecule has 0 saturated carbocycles. The lowest BCUT2D eigenvalue weighted by atomic mass is 9.91. The first kappa shape index (κ1) is 21.4. The molecule has 0 aliphatic heterocycles. The van der Waals surface area contributed by atoms with Gasteiger partial charge in [0, 0.05) is 6.42 Å². The molecule has 0 aromatic carbocycles. The maximum atomic E-state index is 10.3. The highest BCUT2D eigenvalue weighted by molar-refractivity contribution is 5.52. The van der Waals surface area contributed by atoms with Crippen LogP contribution in [0.1, 0.15) is 98.8 Å². The standard InChI is InChI=1S/C21H40O/c1-18(2)10-6-11-19(3)12-7-13-20(4)14-8-15-21(5)16-9-17-22/h16-20H,6-15H2,1-5H3/b21-16+. The number of hydrogen-bond donors (Lipinski definition) is 0. The van der Waals surface area contributed by atoms with Crippen molar-refractivity contribution in [1.29, 1.82) is 0 Å². The maximum Gasteiger partial charge on any atom is 0.123 e. The van der Waals surface area contributed by atoms with Gasteiger partial charge >= 0.3 is 0 Å². The Labute approximate surface area is 140 Å². The first-order valence-corrected chi connectivity index (χ1v) is 9.55. The first-order valence-electron chi connectivity index (χ1n) is 9.55. The Morgan fingerprint density at radius 1 is 0.818 bits per heavy atom. The zero-order chi connectivity index (χ0) is 16.8. The summed E-state index contributed by atoms with van der Waals surface area (Å²) in [6.45, 7) is 11.6. The number of hydrogen-bond acceptors (Lipinski definition) is 1. The molecule has 0 bridgehead atoms. The van der Waals surface area contributed by atoms with Gasteiger partial charge in [0.15, 0.2) is 0 Å². The molecule has 0 fully saturated rings. The molecule has 2 unspecified atom stereocenters. The van der Waals surface area contributed by atoms with Crippen molar-refractivity contribution in [3.63, 3.8) is 0 Å². The van der Waals surface area contributed by atoms with Crippen LogP contribution in [0.15, 0.2) is 11.6 Å². The molecule has 1 nitrogen and oxygen atoms in total. The van der Waals surface area contributed by atoms with Crippen molar-refractivity contribution in [3.8, 4) is 0 Å². The Balaban J connectivity index is 3.56. The number of allylic oxidation sites excluding steroid dienone is 2. The van der Waals surface area contributed by atoms with Crippen LogP contribution in [-0.4, -0.2) is 6.29 Å². The lowest BCUT2D eigenvalue weighted by Crippen LogP contribution is -2.00. The van der Waals surface area contributed by atoms with Gasteiger partial charge in [0.25, 0.3) is 0 Å². The second kappa shape index (κ2) is 14.0. The molecule has 0 aromatic heterocycles. The average Bonchev–Trinajstić information content (AvgIpc) is 2.44. The van der Waals surface area contributed by atoms with Gasteiger partial charge in [-0.1, -0.05) is 84.3 Å². The van der Waals surface area contributed by atoms with E-state index in [1.165, 1.54) is 56.9 Å². The molecule has 0 rings (SSSR count). The largest absolute Gasteiger partial charge is 0.303 e. The molecule has 0 aliphatic rings. The number of carbonyl (C=O) groups excluding carboxylic acids is 1.